The first-order valence-corrected chi connectivity index (χ1v) is 11.4. The van der Waals surface area contributed by atoms with Gasteiger partial charge in [0.1, 0.15) is 18.0 Å². The normalized spacial score (nSPS) is 15.1. The van der Waals surface area contributed by atoms with Crippen molar-refractivity contribution < 1.29 is 27.5 Å². The van der Waals surface area contributed by atoms with Gasteiger partial charge in [-0.3, -0.25) is 14.5 Å². The van der Waals surface area contributed by atoms with Gasteiger partial charge in [-0.1, -0.05) is 55.9 Å². The summed E-state index contributed by atoms with van der Waals surface area (Å²) in [5.41, 5.74) is 2.54. The van der Waals surface area contributed by atoms with E-state index in [1.807, 2.05) is 29.6 Å². The average Bonchev–Trinajstić information content (AvgIpc) is 3.11. The Bertz CT molecular complexity index is 1110. The molecule has 0 bridgehead atoms. The van der Waals surface area contributed by atoms with Gasteiger partial charge in [-0.15, -0.1) is 0 Å². The van der Waals surface area contributed by atoms with Gasteiger partial charge in [0.05, 0.1) is 18.6 Å². The Morgan fingerprint density at radius 1 is 1.21 bits per heavy atom. The second kappa shape index (κ2) is 10.8. The van der Waals surface area contributed by atoms with E-state index in [2.05, 4.69) is 18.8 Å². The van der Waals surface area contributed by atoms with E-state index >= 15 is 0 Å². The van der Waals surface area contributed by atoms with Gasteiger partial charge in [0.25, 0.3) is 5.91 Å². The highest BCUT2D eigenvalue weighted by molar-refractivity contribution is 8.14. The Balaban J connectivity index is 1.87. The van der Waals surface area contributed by atoms with Gasteiger partial charge < -0.3 is 10.1 Å². The van der Waals surface area contributed by atoms with Crippen molar-refractivity contribution in [2.45, 2.75) is 25.9 Å². The highest BCUT2D eigenvalue weighted by Crippen LogP contribution is 2.31. The zero-order valence-corrected chi connectivity index (χ0v) is 19.7. The largest absolute Gasteiger partial charge is 0.497 e. The predicted octanol–water partition coefficient (Wildman–Crippen LogP) is 4.97. The average molecular weight is 492 g/mol. The molecule has 2 aromatic carbocycles. The van der Waals surface area contributed by atoms with Crippen LogP contribution in [0.4, 0.5) is 18.9 Å². The van der Waals surface area contributed by atoms with Gasteiger partial charge in [-0.25, -0.2) is 4.99 Å². The monoisotopic (exact) mass is 491 g/mol. The molecule has 0 spiro atoms. The number of thioether (sulfide) groups is 1. The fraction of sp³-hybridized carbons (Fsp3) is 0.292. The number of carbonyl (C=O) groups is 2. The number of amidine groups is 1. The van der Waals surface area contributed by atoms with E-state index in [9.17, 15) is 22.8 Å². The van der Waals surface area contributed by atoms with Crippen molar-refractivity contribution in [1.82, 2.24) is 5.32 Å². The number of methoxy groups -OCH3 is 1. The van der Waals surface area contributed by atoms with Gasteiger partial charge in [0, 0.05) is 6.07 Å². The molecule has 0 aromatic heterocycles. The lowest BCUT2D eigenvalue weighted by atomic mass is 10.0. The van der Waals surface area contributed by atoms with E-state index in [4.69, 9.17) is 4.74 Å². The third kappa shape index (κ3) is 6.63. The first-order chi connectivity index (χ1) is 16.1. The predicted molar refractivity (Wildman–Crippen MR) is 128 cm³/mol. The van der Waals surface area contributed by atoms with Crippen LogP contribution in [0.1, 0.15) is 30.9 Å². The summed E-state index contributed by atoms with van der Waals surface area (Å²) >= 11 is 0.878. The van der Waals surface area contributed by atoms with Crippen molar-refractivity contribution in [2.24, 2.45) is 4.99 Å². The Hall–Kier alpha value is -3.27. The number of amides is 2. The molecule has 0 atom stereocenters. The number of halogens is 3. The molecular formula is C24H24F3N3O3S. The molecule has 0 saturated heterocycles. The van der Waals surface area contributed by atoms with Crippen LogP contribution in [0.3, 0.4) is 0 Å². The summed E-state index contributed by atoms with van der Waals surface area (Å²) < 4.78 is 42.3. The molecule has 0 saturated carbocycles. The maximum absolute atomic E-state index is 13.2. The van der Waals surface area contributed by atoms with E-state index in [0.717, 1.165) is 22.9 Å². The van der Waals surface area contributed by atoms with Gasteiger partial charge in [-0.2, -0.15) is 13.2 Å². The molecule has 6 nitrogen and oxygen atoms in total. The van der Waals surface area contributed by atoms with E-state index < -0.39 is 24.5 Å². The number of nitrogens with zero attached hydrogens (tertiary/aromatic N) is 2. The molecule has 0 radical (unpaired) electrons. The molecule has 34 heavy (non-hydrogen) atoms. The molecule has 3 rings (SSSR count). The number of ether oxygens (including phenoxy) is 1. The van der Waals surface area contributed by atoms with Crippen LogP contribution in [0.15, 0.2) is 59.2 Å². The van der Waals surface area contributed by atoms with E-state index in [1.165, 1.54) is 12.0 Å². The maximum Gasteiger partial charge on any atom is 0.405 e. The lowest BCUT2D eigenvalue weighted by Gasteiger charge is -2.18. The topological polar surface area (TPSA) is 71.0 Å². The fourth-order valence-corrected chi connectivity index (χ4v) is 3.93. The SMILES string of the molecule is COc1cccc(N2C(=O)/C(=C\c3ccc(C(C)C)cc3)N=C2SCC(=O)NCC(F)(F)F)c1. The van der Waals surface area contributed by atoms with Gasteiger partial charge >= 0.3 is 6.18 Å². The molecule has 0 unspecified atom stereocenters. The van der Waals surface area contributed by atoms with Crippen LogP contribution in [-0.4, -0.2) is 42.6 Å². The number of nitrogens with one attached hydrogen (secondary N) is 1. The molecule has 2 amide bonds. The molecule has 1 N–H and O–H groups in total. The maximum atomic E-state index is 13.2. The first-order valence-electron chi connectivity index (χ1n) is 10.4. The Kier molecular flexibility index (Phi) is 8.03. The van der Waals surface area contributed by atoms with Crippen LogP contribution in [0, 0.1) is 0 Å². The number of hydrogen-bond donors (Lipinski definition) is 1. The van der Waals surface area contributed by atoms with Crippen LogP contribution < -0.4 is 15.0 Å². The van der Waals surface area contributed by atoms with Crippen molar-refractivity contribution in [3.63, 3.8) is 0 Å². The molecule has 1 aliphatic rings. The highest BCUT2D eigenvalue weighted by Gasteiger charge is 2.33. The Morgan fingerprint density at radius 2 is 1.91 bits per heavy atom. The second-order valence-corrected chi connectivity index (χ2v) is 8.71. The smallest absolute Gasteiger partial charge is 0.405 e. The molecule has 0 aliphatic carbocycles. The number of rotatable bonds is 7. The summed E-state index contributed by atoms with van der Waals surface area (Å²) in [5.74, 6) is -0.690. The van der Waals surface area contributed by atoms with Crippen molar-refractivity contribution in [3.8, 4) is 5.75 Å². The number of hydrogen-bond acceptors (Lipinski definition) is 5. The first kappa shape index (κ1) is 25.4. The quantitative estimate of drug-likeness (QED) is 0.555. The number of benzene rings is 2. The van der Waals surface area contributed by atoms with Crippen molar-refractivity contribution in [3.05, 3.63) is 65.4 Å². The molecule has 2 aromatic rings. The van der Waals surface area contributed by atoms with Crippen LogP contribution in [0.5, 0.6) is 5.75 Å². The van der Waals surface area contributed by atoms with Gasteiger partial charge in [0.2, 0.25) is 5.91 Å². The summed E-state index contributed by atoms with van der Waals surface area (Å²) in [7, 11) is 1.49. The minimum atomic E-state index is -4.51. The van der Waals surface area contributed by atoms with Crippen LogP contribution in [-0.2, 0) is 9.59 Å². The Labute approximate surface area is 199 Å². The number of anilines is 1. The fourth-order valence-electron chi connectivity index (χ4n) is 3.09. The molecule has 180 valence electrons. The van der Waals surface area contributed by atoms with E-state index in [1.54, 1.807) is 30.3 Å². The van der Waals surface area contributed by atoms with Crippen molar-refractivity contribution in [1.29, 1.82) is 0 Å². The third-order valence-corrected chi connectivity index (χ3v) is 5.80. The molecule has 1 heterocycles. The van der Waals surface area contributed by atoms with Crippen LogP contribution in [0.25, 0.3) is 6.08 Å². The van der Waals surface area contributed by atoms with Gasteiger partial charge in [-0.05, 0) is 35.3 Å². The molecule has 0 fully saturated rings. The van der Waals surface area contributed by atoms with Crippen LogP contribution >= 0.6 is 11.8 Å². The van der Waals surface area contributed by atoms with Gasteiger partial charge in [0.15, 0.2) is 5.17 Å². The summed E-state index contributed by atoms with van der Waals surface area (Å²) in [5, 5.41) is 2.00. The lowest BCUT2D eigenvalue weighted by molar-refractivity contribution is -0.136. The highest BCUT2D eigenvalue weighted by atomic mass is 32.2. The van der Waals surface area contributed by atoms with E-state index in [-0.39, 0.29) is 16.6 Å². The Morgan fingerprint density at radius 3 is 2.53 bits per heavy atom. The van der Waals surface area contributed by atoms with E-state index in [0.29, 0.717) is 17.4 Å². The lowest BCUT2D eigenvalue weighted by Crippen LogP contribution is -2.36. The van der Waals surface area contributed by atoms with Crippen molar-refractivity contribution in [2.75, 3.05) is 24.3 Å². The van der Waals surface area contributed by atoms with Crippen molar-refractivity contribution >= 4 is 40.5 Å². The summed E-state index contributed by atoms with van der Waals surface area (Å²) in [6, 6.07) is 14.4. The molecule has 10 heteroatoms. The standard InChI is InChI=1S/C24H24F3N3O3S/c1-15(2)17-9-7-16(8-10-17)11-20-22(32)30(18-5-4-6-19(12-18)33-3)23(29-20)34-13-21(31)28-14-24(25,26)27/h4-12,15H,13-14H2,1-3H3,(H,28,31)/b20-11+. The molecular weight excluding hydrogens is 467 g/mol. The minimum Gasteiger partial charge on any atom is -0.497 e. The summed E-state index contributed by atoms with van der Waals surface area (Å²) in [6.07, 6.45) is -2.87. The number of aliphatic imine (C=N–C) groups is 1. The van der Waals surface area contributed by atoms with Crippen LogP contribution in [0.2, 0.25) is 0 Å². The molecule has 1 aliphatic heterocycles. The minimum absolute atomic E-state index is 0.151. The summed E-state index contributed by atoms with van der Waals surface area (Å²) in [6.45, 7) is 2.74. The zero-order chi connectivity index (χ0) is 24.9. The second-order valence-electron chi connectivity index (χ2n) is 7.77. The third-order valence-electron chi connectivity index (χ3n) is 4.87. The number of alkyl halides is 3. The number of carbonyl (C=O) groups excluding carboxylic acids is 2. The zero-order valence-electron chi connectivity index (χ0n) is 18.8. The summed E-state index contributed by atoms with van der Waals surface area (Å²) in [4.78, 5) is 30.9.